The van der Waals surface area contributed by atoms with Gasteiger partial charge in [-0.1, -0.05) is 25.1 Å². The van der Waals surface area contributed by atoms with Gasteiger partial charge in [0.05, 0.1) is 12.7 Å². The number of para-hydroxylation sites is 1. The SMILES string of the molecule is CCc1ccccc1N(CC(F)F)C(C)NC(=N)Cl. The molecule has 19 heavy (non-hydrogen) atoms. The van der Waals surface area contributed by atoms with Gasteiger partial charge in [-0.15, -0.1) is 0 Å². The molecule has 0 fully saturated rings. The zero-order valence-corrected chi connectivity index (χ0v) is 11.7. The van der Waals surface area contributed by atoms with Crippen LogP contribution in [0.15, 0.2) is 24.3 Å². The van der Waals surface area contributed by atoms with Crippen LogP contribution < -0.4 is 10.2 Å². The third-order valence-corrected chi connectivity index (χ3v) is 2.93. The lowest BCUT2D eigenvalue weighted by atomic mass is 10.1. The average Bonchev–Trinajstić information content (AvgIpc) is 2.34. The molecule has 0 radical (unpaired) electrons. The minimum atomic E-state index is -2.46. The van der Waals surface area contributed by atoms with Crippen molar-refractivity contribution in [1.29, 1.82) is 5.41 Å². The summed E-state index contributed by atoms with van der Waals surface area (Å²) in [4.78, 5) is 1.53. The highest BCUT2D eigenvalue weighted by Gasteiger charge is 2.20. The Morgan fingerprint density at radius 2 is 2.05 bits per heavy atom. The molecule has 0 aromatic heterocycles. The lowest BCUT2D eigenvalue weighted by Crippen LogP contribution is -2.47. The van der Waals surface area contributed by atoms with Crippen LogP contribution in [0.25, 0.3) is 0 Å². The summed E-state index contributed by atoms with van der Waals surface area (Å²) in [6.07, 6.45) is -2.19. The molecule has 1 atom stereocenters. The Morgan fingerprint density at radius 1 is 1.42 bits per heavy atom. The van der Waals surface area contributed by atoms with Crippen LogP contribution in [0, 0.1) is 5.41 Å². The topological polar surface area (TPSA) is 39.1 Å². The summed E-state index contributed by atoms with van der Waals surface area (Å²) in [6.45, 7) is 3.27. The van der Waals surface area contributed by atoms with Crippen LogP contribution in [-0.4, -0.2) is 24.4 Å². The van der Waals surface area contributed by atoms with E-state index in [1.165, 1.54) is 4.90 Å². The lowest BCUT2D eigenvalue weighted by molar-refractivity contribution is 0.151. The number of nitrogens with zero attached hydrogens (tertiary/aromatic N) is 1. The van der Waals surface area contributed by atoms with E-state index < -0.39 is 19.1 Å². The lowest BCUT2D eigenvalue weighted by Gasteiger charge is -2.33. The first kappa shape index (κ1) is 15.7. The van der Waals surface area contributed by atoms with Crippen molar-refractivity contribution >= 4 is 22.6 Å². The van der Waals surface area contributed by atoms with Crippen LogP contribution in [0.2, 0.25) is 0 Å². The number of nitrogens with one attached hydrogen (secondary N) is 2. The zero-order valence-electron chi connectivity index (χ0n) is 11.0. The molecule has 0 aliphatic rings. The second-order valence-corrected chi connectivity index (χ2v) is 4.54. The average molecular weight is 290 g/mol. The second kappa shape index (κ2) is 7.28. The van der Waals surface area contributed by atoms with Crippen LogP contribution in [0.5, 0.6) is 0 Å². The summed E-state index contributed by atoms with van der Waals surface area (Å²) < 4.78 is 25.5. The molecule has 1 aromatic rings. The first-order valence-electron chi connectivity index (χ1n) is 6.09. The molecule has 6 heteroatoms. The molecule has 0 heterocycles. The van der Waals surface area contributed by atoms with Crippen molar-refractivity contribution in [3.8, 4) is 0 Å². The van der Waals surface area contributed by atoms with E-state index in [2.05, 4.69) is 5.32 Å². The molecule has 1 unspecified atom stereocenters. The number of anilines is 1. The van der Waals surface area contributed by atoms with Crippen molar-refractivity contribution in [2.45, 2.75) is 32.9 Å². The van der Waals surface area contributed by atoms with Crippen molar-refractivity contribution in [3.63, 3.8) is 0 Å². The van der Waals surface area contributed by atoms with Gasteiger partial charge in [-0.25, -0.2) is 8.78 Å². The molecule has 0 aliphatic carbocycles. The maximum Gasteiger partial charge on any atom is 0.255 e. The normalized spacial score (nSPS) is 12.3. The highest BCUT2D eigenvalue weighted by Crippen LogP contribution is 2.23. The van der Waals surface area contributed by atoms with E-state index in [-0.39, 0.29) is 5.29 Å². The molecule has 0 bridgehead atoms. The van der Waals surface area contributed by atoms with Gasteiger partial charge < -0.3 is 10.2 Å². The monoisotopic (exact) mass is 289 g/mol. The van der Waals surface area contributed by atoms with Gasteiger partial charge in [0.1, 0.15) is 0 Å². The molecule has 0 saturated carbocycles. The third kappa shape index (κ3) is 4.67. The van der Waals surface area contributed by atoms with Crippen LogP contribution >= 0.6 is 11.6 Å². The van der Waals surface area contributed by atoms with Crippen molar-refractivity contribution in [2.75, 3.05) is 11.4 Å². The number of rotatable bonds is 6. The van der Waals surface area contributed by atoms with E-state index in [0.717, 1.165) is 17.7 Å². The Hall–Kier alpha value is -1.36. The first-order valence-corrected chi connectivity index (χ1v) is 6.46. The largest absolute Gasteiger partial charge is 0.346 e. The minimum absolute atomic E-state index is 0.263. The van der Waals surface area contributed by atoms with Gasteiger partial charge in [0.15, 0.2) is 5.29 Å². The number of hydrogen-bond acceptors (Lipinski definition) is 2. The van der Waals surface area contributed by atoms with Gasteiger partial charge in [0.2, 0.25) is 0 Å². The minimum Gasteiger partial charge on any atom is -0.346 e. The predicted octanol–water partition coefficient (Wildman–Crippen LogP) is 3.43. The molecule has 2 N–H and O–H groups in total. The van der Waals surface area contributed by atoms with E-state index in [1.54, 1.807) is 13.0 Å². The first-order chi connectivity index (χ1) is 8.95. The summed E-state index contributed by atoms with van der Waals surface area (Å²) >= 11 is 5.47. The Morgan fingerprint density at radius 3 is 2.58 bits per heavy atom. The highest BCUT2D eigenvalue weighted by atomic mass is 35.5. The van der Waals surface area contributed by atoms with Crippen molar-refractivity contribution in [1.82, 2.24) is 5.32 Å². The van der Waals surface area contributed by atoms with Gasteiger partial charge in [0, 0.05) is 5.69 Å². The number of aryl methyl sites for hydroxylation is 1. The summed E-state index contributed by atoms with van der Waals surface area (Å²) in [5.74, 6) is 0. The fourth-order valence-corrected chi connectivity index (χ4v) is 2.12. The summed E-state index contributed by atoms with van der Waals surface area (Å²) in [7, 11) is 0. The number of alkyl halides is 2. The standard InChI is InChI=1S/C13H18ClF2N3/c1-3-10-6-4-5-7-11(10)19(8-12(15)16)9(2)18-13(14)17/h4-7,9,12H,3,8H2,1-2H3,(H2,17,18). The Balaban J connectivity index is 3.04. The number of amidine groups is 1. The summed E-state index contributed by atoms with van der Waals surface area (Å²) in [5.41, 5.74) is 1.72. The van der Waals surface area contributed by atoms with Gasteiger partial charge in [-0.2, -0.15) is 0 Å². The molecule has 1 aromatic carbocycles. The number of benzene rings is 1. The number of halogens is 3. The fourth-order valence-electron chi connectivity index (χ4n) is 1.97. The molecule has 1 rings (SSSR count). The van der Waals surface area contributed by atoms with Crippen molar-refractivity contribution < 1.29 is 8.78 Å². The van der Waals surface area contributed by atoms with Gasteiger partial charge in [-0.05, 0) is 36.6 Å². The maximum absolute atomic E-state index is 12.7. The van der Waals surface area contributed by atoms with Crippen LogP contribution in [-0.2, 0) is 6.42 Å². The van der Waals surface area contributed by atoms with E-state index in [1.807, 2.05) is 25.1 Å². The predicted molar refractivity (Wildman–Crippen MR) is 75.3 cm³/mol. The molecular formula is C13H18ClF2N3. The van der Waals surface area contributed by atoms with Crippen LogP contribution in [0.1, 0.15) is 19.4 Å². The Kier molecular flexibility index (Phi) is 6.02. The summed E-state index contributed by atoms with van der Waals surface area (Å²) in [5, 5.41) is 9.58. The number of hydrogen-bond donors (Lipinski definition) is 2. The smallest absolute Gasteiger partial charge is 0.255 e. The van der Waals surface area contributed by atoms with Gasteiger partial charge in [-0.3, -0.25) is 5.41 Å². The van der Waals surface area contributed by atoms with Crippen molar-refractivity contribution in [3.05, 3.63) is 29.8 Å². The summed E-state index contributed by atoms with van der Waals surface area (Å²) in [6, 6.07) is 7.40. The Bertz CT molecular complexity index is 426. The van der Waals surface area contributed by atoms with Gasteiger partial charge in [0.25, 0.3) is 6.43 Å². The maximum atomic E-state index is 12.7. The Labute approximate surface area is 117 Å². The molecule has 0 aliphatic heterocycles. The van der Waals surface area contributed by atoms with Gasteiger partial charge >= 0.3 is 0 Å². The fraction of sp³-hybridized carbons (Fsp3) is 0.462. The van der Waals surface area contributed by atoms with Crippen LogP contribution in [0.4, 0.5) is 14.5 Å². The zero-order chi connectivity index (χ0) is 14.4. The van der Waals surface area contributed by atoms with Crippen LogP contribution in [0.3, 0.4) is 0 Å². The molecule has 0 amide bonds. The molecule has 0 saturated heterocycles. The van der Waals surface area contributed by atoms with Crippen molar-refractivity contribution in [2.24, 2.45) is 0 Å². The molecule has 106 valence electrons. The van der Waals surface area contributed by atoms with E-state index in [0.29, 0.717) is 0 Å². The quantitative estimate of drug-likeness (QED) is 0.364. The van der Waals surface area contributed by atoms with E-state index >= 15 is 0 Å². The second-order valence-electron chi connectivity index (χ2n) is 4.16. The van der Waals surface area contributed by atoms with E-state index in [4.69, 9.17) is 17.0 Å². The third-order valence-electron chi connectivity index (χ3n) is 2.82. The van der Waals surface area contributed by atoms with E-state index in [9.17, 15) is 8.78 Å². The molecular weight excluding hydrogens is 272 g/mol. The molecule has 3 nitrogen and oxygen atoms in total. The highest BCUT2D eigenvalue weighted by molar-refractivity contribution is 6.63. The molecule has 0 spiro atoms.